The third kappa shape index (κ3) is 3.25. The van der Waals surface area contributed by atoms with Crippen molar-refractivity contribution in [2.45, 2.75) is 26.4 Å². The van der Waals surface area contributed by atoms with E-state index in [1.165, 1.54) is 16.0 Å². The second-order valence-corrected chi connectivity index (χ2v) is 8.34. The normalized spacial score (nSPS) is 14.6. The molecule has 150 valence electrons. The topological polar surface area (TPSA) is 82.7 Å². The van der Waals surface area contributed by atoms with Gasteiger partial charge in [-0.3, -0.25) is 4.90 Å². The van der Waals surface area contributed by atoms with Crippen molar-refractivity contribution < 1.29 is 5.11 Å². The average molecular weight is 410 g/mol. The van der Waals surface area contributed by atoms with Gasteiger partial charge in [-0.25, -0.2) is 0 Å². The van der Waals surface area contributed by atoms with E-state index >= 15 is 0 Å². The highest BCUT2D eigenvalue weighted by atomic mass is 32.1. The van der Waals surface area contributed by atoms with Crippen molar-refractivity contribution in [2.24, 2.45) is 0 Å². The molecule has 8 nitrogen and oxygen atoms in total. The van der Waals surface area contributed by atoms with E-state index in [0.717, 1.165) is 42.1 Å². The van der Waals surface area contributed by atoms with Crippen LogP contribution < -0.4 is 4.90 Å². The van der Waals surface area contributed by atoms with Crippen molar-refractivity contribution in [3.63, 3.8) is 0 Å². The molecular weight excluding hydrogens is 386 g/mol. The van der Waals surface area contributed by atoms with E-state index in [2.05, 4.69) is 44.4 Å². The van der Waals surface area contributed by atoms with Crippen LogP contribution in [0.4, 0.5) is 5.82 Å². The van der Waals surface area contributed by atoms with Gasteiger partial charge in [0.1, 0.15) is 10.6 Å². The minimum absolute atomic E-state index is 0.0576. The number of aromatic nitrogens is 5. The minimum atomic E-state index is 0.0576. The van der Waals surface area contributed by atoms with Gasteiger partial charge in [0.15, 0.2) is 0 Å². The smallest absolute Gasteiger partial charge is 0.276 e. The van der Waals surface area contributed by atoms with Crippen LogP contribution in [-0.2, 0) is 19.5 Å². The molecule has 0 unspecified atom stereocenters. The van der Waals surface area contributed by atoms with Crippen LogP contribution in [0.25, 0.3) is 16.0 Å². The highest BCUT2D eigenvalue weighted by Gasteiger charge is 2.27. The minimum Gasteiger partial charge on any atom is -0.395 e. The van der Waals surface area contributed by atoms with E-state index in [4.69, 9.17) is 4.98 Å². The Labute approximate surface area is 172 Å². The van der Waals surface area contributed by atoms with Crippen LogP contribution in [0.15, 0.2) is 30.3 Å². The van der Waals surface area contributed by atoms with Gasteiger partial charge in [0.25, 0.3) is 5.78 Å². The number of aliphatic hydroxyl groups excluding tert-OH is 1. The molecule has 9 heteroatoms. The molecule has 1 N–H and O–H groups in total. The van der Waals surface area contributed by atoms with Gasteiger partial charge in [-0.1, -0.05) is 42.4 Å². The molecule has 4 heterocycles. The van der Waals surface area contributed by atoms with E-state index < -0.39 is 0 Å². The maximum absolute atomic E-state index is 9.76. The lowest BCUT2D eigenvalue weighted by molar-refractivity contribution is 0.272. The van der Waals surface area contributed by atoms with Gasteiger partial charge in [-0.2, -0.15) is 9.50 Å². The van der Waals surface area contributed by atoms with Crippen molar-refractivity contribution in [3.05, 3.63) is 46.3 Å². The maximum atomic E-state index is 9.76. The molecule has 3 aromatic heterocycles. The van der Waals surface area contributed by atoms with E-state index in [1.807, 2.05) is 18.2 Å². The van der Waals surface area contributed by atoms with Crippen LogP contribution >= 0.6 is 11.3 Å². The molecule has 0 saturated heterocycles. The Bertz CT molecular complexity index is 1140. The maximum Gasteiger partial charge on any atom is 0.276 e. The number of likely N-dealkylation sites (N-methyl/N-ethyl adjacent to an activating group) is 1. The second-order valence-electron chi connectivity index (χ2n) is 7.26. The summed E-state index contributed by atoms with van der Waals surface area (Å²) in [6.45, 7) is 6.47. The predicted molar refractivity (Wildman–Crippen MR) is 113 cm³/mol. The molecule has 1 aliphatic rings. The molecule has 0 aliphatic carbocycles. The van der Waals surface area contributed by atoms with E-state index in [1.54, 1.807) is 15.9 Å². The zero-order valence-corrected chi connectivity index (χ0v) is 17.1. The molecule has 29 heavy (non-hydrogen) atoms. The Morgan fingerprint density at radius 1 is 1.24 bits per heavy atom. The fourth-order valence-electron chi connectivity index (χ4n) is 4.04. The fourth-order valence-corrected chi connectivity index (χ4v) is 5.37. The van der Waals surface area contributed by atoms with Crippen LogP contribution in [0.5, 0.6) is 0 Å². The van der Waals surface area contributed by atoms with E-state index in [-0.39, 0.29) is 6.61 Å². The summed E-state index contributed by atoms with van der Waals surface area (Å²) < 4.78 is 1.75. The van der Waals surface area contributed by atoms with Crippen molar-refractivity contribution in [2.75, 3.05) is 31.1 Å². The summed E-state index contributed by atoms with van der Waals surface area (Å²) in [7, 11) is 0. The van der Waals surface area contributed by atoms with Crippen molar-refractivity contribution in [1.29, 1.82) is 0 Å². The first kappa shape index (κ1) is 18.4. The first-order valence-corrected chi connectivity index (χ1v) is 10.7. The van der Waals surface area contributed by atoms with Crippen molar-refractivity contribution in [3.8, 4) is 0 Å². The quantitative estimate of drug-likeness (QED) is 0.522. The van der Waals surface area contributed by atoms with Crippen molar-refractivity contribution >= 4 is 33.1 Å². The number of fused-ring (bicyclic) bond motifs is 5. The molecular formula is C20H23N7OS. The zero-order valence-electron chi connectivity index (χ0n) is 16.3. The Morgan fingerprint density at radius 2 is 2.10 bits per heavy atom. The largest absolute Gasteiger partial charge is 0.395 e. The van der Waals surface area contributed by atoms with Gasteiger partial charge >= 0.3 is 0 Å². The van der Waals surface area contributed by atoms with Crippen LogP contribution in [0.1, 0.15) is 22.9 Å². The lowest BCUT2D eigenvalue weighted by atomic mass is 10.0. The Kier molecular flexibility index (Phi) is 4.86. The lowest BCUT2D eigenvalue weighted by Crippen LogP contribution is -2.30. The Balaban J connectivity index is 1.69. The molecule has 0 radical (unpaired) electrons. The summed E-state index contributed by atoms with van der Waals surface area (Å²) >= 11 is 1.76. The molecule has 0 fully saturated rings. The Morgan fingerprint density at radius 3 is 2.90 bits per heavy atom. The molecule has 0 atom stereocenters. The third-order valence-corrected chi connectivity index (χ3v) is 6.72. The van der Waals surface area contributed by atoms with Gasteiger partial charge in [-0.05, 0) is 34.5 Å². The number of hydrogen-bond acceptors (Lipinski definition) is 8. The van der Waals surface area contributed by atoms with Gasteiger partial charge in [0.2, 0.25) is 0 Å². The summed E-state index contributed by atoms with van der Waals surface area (Å²) in [4.78, 5) is 11.8. The number of aliphatic hydroxyl groups is 1. The number of hydrogen-bond donors (Lipinski definition) is 1. The molecule has 5 rings (SSSR count). The number of benzene rings is 1. The summed E-state index contributed by atoms with van der Waals surface area (Å²) in [5.41, 5.74) is 2.53. The van der Waals surface area contributed by atoms with E-state index in [9.17, 15) is 5.11 Å². The molecule has 4 aromatic rings. The lowest BCUT2D eigenvalue weighted by Gasteiger charge is -2.27. The zero-order chi connectivity index (χ0) is 19.8. The standard InChI is InChI=1S/C20H23N7OS/c1-2-25-9-8-15-16(13-25)29-19-17(15)18(21-20-22-23-24-27(19)20)26(10-11-28)12-14-6-4-3-5-7-14/h3-7,28H,2,8-13H2,1H3. The summed E-state index contributed by atoms with van der Waals surface area (Å²) in [6.07, 6.45) is 0.990. The first-order valence-electron chi connectivity index (χ1n) is 9.93. The summed E-state index contributed by atoms with van der Waals surface area (Å²) in [5.74, 6) is 1.36. The Hall–Kier alpha value is -2.62. The number of thiophene rings is 1. The fraction of sp³-hybridized carbons (Fsp3) is 0.400. The molecule has 1 aliphatic heterocycles. The number of rotatable bonds is 6. The molecule has 0 bridgehead atoms. The van der Waals surface area contributed by atoms with Gasteiger partial charge in [0.05, 0.1) is 12.0 Å². The van der Waals surface area contributed by atoms with Gasteiger partial charge in [0, 0.05) is 31.1 Å². The van der Waals surface area contributed by atoms with Crippen LogP contribution in [0.2, 0.25) is 0 Å². The second kappa shape index (κ2) is 7.66. The number of tetrazole rings is 1. The molecule has 0 saturated carbocycles. The predicted octanol–water partition coefficient (Wildman–Crippen LogP) is 2.11. The average Bonchev–Trinajstić information content (AvgIpc) is 3.37. The highest BCUT2D eigenvalue weighted by molar-refractivity contribution is 7.19. The molecule has 0 spiro atoms. The molecule has 0 amide bonds. The SMILES string of the molecule is CCN1CCc2c(sc3c2c(N(CCO)Cc2ccccc2)nc2nnnn23)C1. The summed E-state index contributed by atoms with van der Waals surface area (Å²) in [6, 6.07) is 10.3. The molecule has 1 aromatic carbocycles. The van der Waals surface area contributed by atoms with Crippen molar-refractivity contribution in [1.82, 2.24) is 29.9 Å². The number of anilines is 1. The van der Waals surface area contributed by atoms with Gasteiger partial charge < -0.3 is 10.0 Å². The highest BCUT2D eigenvalue weighted by Crippen LogP contribution is 2.40. The van der Waals surface area contributed by atoms with Crippen LogP contribution in [0.3, 0.4) is 0 Å². The van der Waals surface area contributed by atoms with Gasteiger partial charge in [-0.15, -0.1) is 11.3 Å². The number of nitrogens with zero attached hydrogens (tertiary/aromatic N) is 7. The van der Waals surface area contributed by atoms with Crippen LogP contribution in [0, 0.1) is 0 Å². The summed E-state index contributed by atoms with van der Waals surface area (Å²) in [5, 5.41) is 23.0. The monoisotopic (exact) mass is 409 g/mol. The third-order valence-electron chi connectivity index (χ3n) is 5.53. The van der Waals surface area contributed by atoms with Crippen LogP contribution in [-0.4, -0.2) is 61.3 Å². The first-order chi connectivity index (χ1) is 14.3. The van der Waals surface area contributed by atoms with E-state index in [0.29, 0.717) is 18.9 Å².